The highest BCUT2D eigenvalue weighted by Crippen LogP contribution is 2.46. The fraction of sp³-hybridized carbons (Fsp3) is 0.182. The van der Waals surface area contributed by atoms with Crippen molar-refractivity contribution in [3.05, 3.63) is 81.1 Å². The SMILES string of the molecule is COc1cc(C2C(C#N)=C(N)Oc3n[nH]c(C)c32)cc(Cl)c1OCc1cccc(F)c1. The number of methoxy groups -OCH3 is 1. The van der Waals surface area contributed by atoms with Gasteiger partial charge in [-0.3, -0.25) is 5.10 Å². The van der Waals surface area contributed by atoms with Crippen molar-refractivity contribution in [3.8, 4) is 23.4 Å². The lowest BCUT2D eigenvalue weighted by Gasteiger charge is -2.24. The normalized spacial score (nSPS) is 15.1. The van der Waals surface area contributed by atoms with E-state index in [0.717, 1.165) is 5.69 Å². The largest absolute Gasteiger partial charge is 0.493 e. The first-order chi connectivity index (χ1) is 14.9. The van der Waals surface area contributed by atoms with E-state index in [0.29, 0.717) is 34.1 Å². The minimum Gasteiger partial charge on any atom is -0.493 e. The number of nitrogens with two attached hydrogens (primary N) is 1. The van der Waals surface area contributed by atoms with Gasteiger partial charge in [-0.2, -0.15) is 5.26 Å². The van der Waals surface area contributed by atoms with Crippen LogP contribution in [0.2, 0.25) is 5.02 Å². The molecule has 1 aliphatic heterocycles. The van der Waals surface area contributed by atoms with Crippen molar-refractivity contribution < 1.29 is 18.6 Å². The van der Waals surface area contributed by atoms with Crippen LogP contribution in [-0.4, -0.2) is 17.3 Å². The highest BCUT2D eigenvalue weighted by Gasteiger charge is 2.35. The molecular formula is C22H18ClFN4O3. The number of hydrogen-bond donors (Lipinski definition) is 2. The van der Waals surface area contributed by atoms with Crippen molar-refractivity contribution in [2.45, 2.75) is 19.4 Å². The van der Waals surface area contributed by atoms with Crippen LogP contribution in [0, 0.1) is 24.1 Å². The van der Waals surface area contributed by atoms with Crippen LogP contribution < -0.4 is 19.9 Å². The second-order valence-corrected chi connectivity index (χ2v) is 7.35. The van der Waals surface area contributed by atoms with Crippen LogP contribution in [0.4, 0.5) is 4.39 Å². The van der Waals surface area contributed by atoms with Crippen LogP contribution in [0.15, 0.2) is 47.9 Å². The second kappa shape index (κ2) is 8.20. The second-order valence-electron chi connectivity index (χ2n) is 6.94. The lowest BCUT2D eigenvalue weighted by molar-refractivity contribution is 0.284. The van der Waals surface area contributed by atoms with Crippen molar-refractivity contribution in [2.24, 2.45) is 5.73 Å². The molecule has 0 saturated carbocycles. The summed E-state index contributed by atoms with van der Waals surface area (Å²) in [6.45, 7) is 1.93. The number of ether oxygens (including phenoxy) is 3. The zero-order chi connectivity index (χ0) is 22.1. The maximum Gasteiger partial charge on any atom is 0.244 e. The van der Waals surface area contributed by atoms with E-state index in [1.54, 1.807) is 24.3 Å². The molecule has 2 heterocycles. The van der Waals surface area contributed by atoms with Crippen LogP contribution in [0.3, 0.4) is 0 Å². The molecule has 9 heteroatoms. The average Bonchev–Trinajstić information content (AvgIpc) is 3.11. The number of nitrogens with zero attached hydrogens (tertiary/aromatic N) is 2. The zero-order valence-electron chi connectivity index (χ0n) is 16.7. The van der Waals surface area contributed by atoms with E-state index in [4.69, 9.17) is 31.5 Å². The first-order valence-electron chi connectivity index (χ1n) is 9.30. The number of benzene rings is 2. The van der Waals surface area contributed by atoms with Crippen molar-refractivity contribution in [1.82, 2.24) is 10.2 Å². The lowest BCUT2D eigenvalue weighted by atomic mass is 9.84. The third kappa shape index (κ3) is 3.76. The van der Waals surface area contributed by atoms with Gasteiger partial charge in [-0.1, -0.05) is 23.7 Å². The molecule has 0 saturated heterocycles. The fourth-order valence-corrected chi connectivity index (χ4v) is 3.83. The first-order valence-corrected chi connectivity index (χ1v) is 9.67. The van der Waals surface area contributed by atoms with Crippen LogP contribution in [0.5, 0.6) is 17.4 Å². The van der Waals surface area contributed by atoms with Crippen molar-refractivity contribution in [1.29, 1.82) is 5.26 Å². The summed E-state index contributed by atoms with van der Waals surface area (Å²) in [4.78, 5) is 0. The minimum absolute atomic E-state index is 0.0204. The standard InChI is InChI=1S/C22H18ClFN4O3/c1-11-18-19(15(9-25)21(26)31-22(18)28-27-11)13-7-16(23)20(17(8-13)29-2)30-10-12-4-3-5-14(24)6-12/h3-8,19H,10,26H2,1-2H3,(H,27,28). The molecule has 31 heavy (non-hydrogen) atoms. The molecule has 1 aliphatic rings. The molecule has 0 aliphatic carbocycles. The highest BCUT2D eigenvalue weighted by atomic mass is 35.5. The Balaban J connectivity index is 1.74. The van der Waals surface area contributed by atoms with Crippen LogP contribution in [0.25, 0.3) is 0 Å². The van der Waals surface area contributed by atoms with Crippen LogP contribution >= 0.6 is 11.6 Å². The molecule has 0 radical (unpaired) electrons. The number of aromatic amines is 1. The van der Waals surface area contributed by atoms with E-state index in [1.165, 1.54) is 19.2 Å². The van der Waals surface area contributed by atoms with Gasteiger partial charge in [0.2, 0.25) is 11.8 Å². The van der Waals surface area contributed by atoms with Crippen molar-refractivity contribution in [3.63, 3.8) is 0 Å². The first kappa shape index (κ1) is 20.6. The van der Waals surface area contributed by atoms with Gasteiger partial charge < -0.3 is 19.9 Å². The maximum absolute atomic E-state index is 13.4. The Hall–Kier alpha value is -3.70. The number of rotatable bonds is 5. The summed E-state index contributed by atoms with van der Waals surface area (Å²) in [6.07, 6.45) is 0. The molecule has 0 amide bonds. The number of aryl methyl sites for hydroxylation is 1. The van der Waals surface area contributed by atoms with Crippen LogP contribution in [0.1, 0.15) is 28.3 Å². The van der Waals surface area contributed by atoms with Gasteiger partial charge in [-0.15, -0.1) is 5.10 Å². The number of allylic oxidation sites excluding steroid dienone is 1. The van der Waals surface area contributed by atoms with Gasteiger partial charge in [0, 0.05) is 11.3 Å². The number of nitriles is 1. The summed E-state index contributed by atoms with van der Waals surface area (Å²) in [5.74, 6) is 0.0613. The monoisotopic (exact) mass is 440 g/mol. The number of aromatic nitrogens is 2. The van der Waals surface area contributed by atoms with Gasteiger partial charge >= 0.3 is 0 Å². The predicted octanol–water partition coefficient (Wildman–Crippen LogP) is 4.32. The third-order valence-electron chi connectivity index (χ3n) is 4.99. The Labute approximate surface area is 182 Å². The number of fused-ring (bicyclic) bond motifs is 1. The Morgan fingerprint density at radius 3 is 2.87 bits per heavy atom. The highest BCUT2D eigenvalue weighted by molar-refractivity contribution is 6.32. The van der Waals surface area contributed by atoms with Gasteiger partial charge in [0.1, 0.15) is 24.1 Å². The van der Waals surface area contributed by atoms with Gasteiger partial charge in [0.25, 0.3) is 0 Å². The molecule has 158 valence electrons. The van der Waals surface area contributed by atoms with E-state index in [-0.39, 0.29) is 28.9 Å². The van der Waals surface area contributed by atoms with Gasteiger partial charge in [-0.25, -0.2) is 4.39 Å². The number of nitrogens with one attached hydrogen (secondary N) is 1. The van der Waals surface area contributed by atoms with E-state index >= 15 is 0 Å². The molecule has 0 spiro atoms. The Kier molecular flexibility index (Phi) is 5.44. The number of hydrogen-bond acceptors (Lipinski definition) is 6. The zero-order valence-corrected chi connectivity index (χ0v) is 17.5. The lowest BCUT2D eigenvalue weighted by Crippen LogP contribution is -2.21. The minimum atomic E-state index is -0.545. The summed E-state index contributed by atoms with van der Waals surface area (Å²) >= 11 is 6.53. The number of halogens is 2. The quantitative estimate of drug-likeness (QED) is 0.612. The van der Waals surface area contributed by atoms with Gasteiger partial charge in [0.15, 0.2) is 11.5 Å². The van der Waals surface area contributed by atoms with Crippen molar-refractivity contribution in [2.75, 3.05) is 7.11 Å². The Morgan fingerprint density at radius 1 is 1.35 bits per heavy atom. The summed E-state index contributed by atoms with van der Waals surface area (Å²) in [5.41, 5.74) is 8.94. The summed E-state index contributed by atoms with van der Waals surface area (Å²) in [6, 6.07) is 11.6. The molecule has 1 aromatic heterocycles. The predicted molar refractivity (Wildman–Crippen MR) is 111 cm³/mol. The molecule has 4 rings (SSSR count). The van der Waals surface area contributed by atoms with E-state index in [1.807, 2.05) is 6.92 Å². The van der Waals surface area contributed by atoms with Crippen LogP contribution in [-0.2, 0) is 6.61 Å². The molecule has 0 bridgehead atoms. The molecule has 3 N–H and O–H groups in total. The summed E-state index contributed by atoms with van der Waals surface area (Å²) in [7, 11) is 1.48. The summed E-state index contributed by atoms with van der Waals surface area (Å²) < 4.78 is 30.3. The molecule has 1 unspecified atom stereocenters. The third-order valence-corrected chi connectivity index (χ3v) is 5.27. The van der Waals surface area contributed by atoms with Gasteiger partial charge in [-0.05, 0) is 42.3 Å². The Morgan fingerprint density at radius 2 is 2.16 bits per heavy atom. The topological polar surface area (TPSA) is 106 Å². The molecule has 2 aromatic carbocycles. The number of H-pyrrole nitrogens is 1. The molecular weight excluding hydrogens is 423 g/mol. The van der Waals surface area contributed by atoms with E-state index in [2.05, 4.69) is 16.3 Å². The maximum atomic E-state index is 13.4. The molecule has 1 atom stereocenters. The molecule has 3 aromatic rings. The van der Waals surface area contributed by atoms with Gasteiger partial charge in [0.05, 0.1) is 18.1 Å². The van der Waals surface area contributed by atoms with E-state index in [9.17, 15) is 9.65 Å². The Bertz CT molecular complexity index is 1230. The fourth-order valence-electron chi connectivity index (χ4n) is 3.56. The molecule has 7 nitrogen and oxygen atoms in total. The van der Waals surface area contributed by atoms with Crippen molar-refractivity contribution >= 4 is 11.6 Å². The summed E-state index contributed by atoms with van der Waals surface area (Å²) in [5, 5.41) is 17.0. The van der Waals surface area contributed by atoms with E-state index < -0.39 is 5.92 Å². The average molecular weight is 441 g/mol. The molecule has 0 fully saturated rings. The smallest absolute Gasteiger partial charge is 0.244 e.